The molecule has 16 heavy (non-hydrogen) atoms. The summed E-state index contributed by atoms with van der Waals surface area (Å²) >= 11 is 6.10. The highest BCUT2D eigenvalue weighted by Gasteiger charge is 2.21. The molecule has 0 radical (unpaired) electrons. The molecule has 1 aliphatic rings. The fourth-order valence-electron chi connectivity index (χ4n) is 1.90. The highest BCUT2D eigenvalue weighted by atomic mass is 35.5. The molecule has 1 aliphatic heterocycles. The largest absolute Gasteiger partial charge is 0.486 e. The minimum Gasteiger partial charge on any atom is -0.486 e. The van der Waals surface area contributed by atoms with E-state index in [9.17, 15) is 0 Å². The van der Waals surface area contributed by atoms with Crippen LogP contribution in [0.3, 0.4) is 0 Å². The maximum absolute atomic E-state index is 8.77. The first-order valence-corrected chi connectivity index (χ1v) is 5.62. The monoisotopic (exact) mass is 243 g/mol. The van der Waals surface area contributed by atoms with E-state index in [-0.39, 0.29) is 0 Å². The second-order valence-electron chi connectivity index (χ2n) is 3.54. The van der Waals surface area contributed by atoms with Gasteiger partial charge in [0.2, 0.25) is 0 Å². The van der Waals surface area contributed by atoms with E-state index < -0.39 is 0 Å². The van der Waals surface area contributed by atoms with Gasteiger partial charge in [-0.25, -0.2) is 5.48 Å². The number of rotatable bonds is 3. The SMILES string of the molecule is CCc1c(CNO)cc(Cl)c2c1OCCO2. The number of hydrogen-bond donors (Lipinski definition) is 2. The van der Waals surface area contributed by atoms with Gasteiger partial charge in [0.05, 0.1) is 5.02 Å². The zero-order valence-corrected chi connectivity index (χ0v) is 9.80. The van der Waals surface area contributed by atoms with Gasteiger partial charge in [0.1, 0.15) is 13.2 Å². The van der Waals surface area contributed by atoms with Gasteiger partial charge >= 0.3 is 0 Å². The van der Waals surface area contributed by atoms with E-state index in [2.05, 4.69) is 5.48 Å². The molecule has 0 saturated heterocycles. The number of hydrogen-bond acceptors (Lipinski definition) is 4. The van der Waals surface area contributed by atoms with Crippen LogP contribution < -0.4 is 15.0 Å². The van der Waals surface area contributed by atoms with Crippen molar-refractivity contribution in [2.75, 3.05) is 13.2 Å². The van der Waals surface area contributed by atoms with Crippen LogP contribution in [0.2, 0.25) is 5.02 Å². The molecular weight excluding hydrogens is 230 g/mol. The number of benzene rings is 1. The van der Waals surface area contributed by atoms with Crippen LogP contribution in [-0.2, 0) is 13.0 Å². The first-order valence-electron chi connectivity index (χ1n) is 5.24. The standard InChI is InChI=1S/C11H14ClNO3/c1-2-8-7(6-13-14)5-9(12)11-10(8)15-3-4-16-11/h5,13-14H,2-4,6H2,1H3. The van der Waals surface area contributed by atoms with Gasteiger partial charge in [-0.05, 0) is 18.1 Å². The summed E-state index contributed by atoms with van der Waals surface area (Å²) in [5.41, 5.74) is 4.10. The molecule has 0 amide bonds. The van der Waals surface area contributed by atoms with E-state index in [1.165, 1.54) is 0 Å². The van der Waals surface area contributed by atoms with Crippen molar-refractivity contribution in [3.63, 3.8) is 0 Å². The van der Waals surface area contributed by atoms with Crippen molar-refractivity contribution in [1.82, 2.24) is 5.48 Å². The molecule has 1 aromatic carbocycles. The van der Waals surface area contributed by atoms with Gasteiger partial charge in [0.15, 0.2) is 11.5 Å². The van der Waals surface area contributed by atoms with Gasteiger partial charge in [0.25, 0.3) is 0 Å². The molecule has 2 rings (SSSR count). The van der Waals surface area contributed by atoms with Gasteiger partial charge in [-0.1, -0.05) is 18.5 Å². The van der Waals surface area contributed by atoms with Gasteiger partial charge < -0.3 is 14.7 Å². The van der Waals surface area contributed by atoms with E-state index >= 15 is 0 Å². The Balaban J connectivity index is 2.52. The first kappa shape index (κ1) is 11.5. The number of ether oxygens (including phenoxy) is 2. The Bertz CT molecular complexity index is 395. The third-order valence-corrected chi connectivity index (χ3v) is 2.87. The van der Waals surface area contributed by atoms with Crippen molar-refractivity contribution >= 4 is 11.6 Å². The molecule has 4 nitrogen and oxygen atoms in total. The predicted octanol–water partition coefficient (Wildman–Crippen LogP) is 2.15. The summed E-state index contributed by atoms with van der Waals surface area (Å²) in [4.78, 5) is 0. The summed E-state index contributed by atoms with van der Waals surface area (Å²) in [6, 6.07) is 1.80. The quantitative estimate of drug-likeness (QED) is 0.799. The lowest BCUT2D eigenvalue weighted by Crippen LogP contribution is -2.18. The van der Waals surface area contributed by atoms with E-state index in [0.29, 0.717) is 36.3 Å². The Labute approximate surface area is 99.1 Å². The molecule has 0 saturated carbocycles. The van der Waals surface area contributed by atoms with Crippen LogP contribution in [0.15, 0.2) is 6.07 Å². The molecule has 0 atom stereocenters. The van der Waals surface area contributed by atoms with Crippen LogP contribution in [0, 0.1) is 0 Å². The van der Waals surface area contributed by atoms with Crippen LogP contribution in [0.5, 0.6) is 11.5 Å². The number of halogens is 1. The summed E-state index contributed by atoms with van der Waals surface area (Å²) in [5, 5.41) is 9.29. The summed E-state index contributed by atoms with van der Waals surface area (Å²) in [6.45, 7) is 3.43. The second kappa shape index (κ2) is 4.91. The Morgan fingerprint density at radius 3 is 2.69 bits per heavy atom. The average molecular weight is 244 g/mol. The molecule has 0 aliphatic carbocycles. The van der Waals surface area contributed by atoms with Crippen molar-refractivity contribution in [1.29, 1.82) is 0 Å². The summed E-state index contributed by atoms with van der Waals surface area (Å²) in [5.74, 6) is 1.33. The zero-order valence-electron chi connectivity index (χ0n) is 9.05. The molecule has 88 valence electrons. The Hall–Kier alpha value is -0.970. The van der Waals surface area contributed by atoms with Gasteiger partial charge in [0, 0.05) is 12.1 Å². The summed E-state index contributed by atoms with van der Waals surface area (Å²) in [6.07, 6.45) is 0.805. The van der Waals surface area contributed by atoms with Crippen molar-refractivity contribution in [3.05, 3.63) is 22.2 Å². The highest BCUT2D eigenvalue weighted by Crippen LogP contribution is 2.42. The molecular formula is C11H14ClNO3. The predicted molar refractivity (Wildman–Crippen MR) is 60.4 cm³/mol. The van der Waals surface area contributed by atoms with E-state index in [4.69, 9.17) is 26.3 Å². The molecule has 0 unspecified atom stereocenters. The topological polar surface area (TPSA) is 50.7 Å². The minimum absolute atomic E-state index is 0.347. The Morgan fingerprint density at radius 1 is 1.38 bits per heavy atom. The molecule has 0 spiro atoms. The van der Waals surface area contributed by atoms with Gasteiger partial charge in [-0.15, -0.1) is 0 Å². The fourth-order valence-corrected chi connectivity index (χ4v) is 2.17. The maximum Gasteiger partial charge on any atom is 0.180 e. The van der Waals surface area contributed by atoms with Gasteiger partial charge in [-0.3, -0.25) is 0 Å². The minimum atomic E-state index is 0.347. The summed E-state index contributed by atoms with van der Waals surface area (Å²) < 4.78 is 11.1. The van der Waals surface area contributed by atoms with Crippen molar-refractivity contribution in [2.45, 2.75) is 19.9 Å². The van der Waals surface area contributed by atoms with E-state index in [1.807, 2.05) is 6.92 Å². The lowest BCUT2D eigenvalue weighted by atomic mass is 10.0. The zero-order chi connectivity index (χ0) is 11.5. The molecule has 0 aromatic heterocycles. The molecule has 1 heterocycles. The molecule has 5 heteroatoms. The van der Waals surface area contributed by atoms with Crippen molar-refractivity contribution in [3.8, 4) is 11.5 Å². The van der Waals surface area contributed by atoms with Crippen LogP contribution >= 0.6 is 11.6 Å². The van der Waals surface area contributed by atoms with E-state index in [0.717, 1.165) is 17.5 Å². The maximum atomic E-state index is 8.77. The van der Waals surface area contributed by atoms with Crippen LogP contribution in [0.25, 0.3) is 0 Å². The Morgan fingerprint density at radius 2 is 2.06 bits per heavy atom. The normalized spacial score (nSPS) is 13.9. The molecule has 1 aromatic rings. The third kappa shape index (κ3) is 1.96. The smallest absolute Gasteiger partial charge is 0.180 e. The second-order valence-corrected chi connectivity index (χ2v) is 3.95. The Kier molecular flexibility index (Phi) is 3.53. The fraction of sp³-hybridized carbons (Fsp3) is 0.455. The van der Waals surface area contributed by atoms with Crippen molar-refractivity contribution in [2.24, 2.45) is 0 Å². The van der Waals surface area contributed by atoms with Crippen LogP contribution in [0.4, 0.5) is 0 Å². The lowest BCUT2D eigenvalue weighted by Gasteiger charge is -2.23. The third-order valence-electron chi connectivity index (χ3n) is 2.58. The summed E-state index contributed by atoms with van der Waals surface area (Å²) in [7, 11) is 0. The highest BCUT2D eigenvalue weighted by molar-refractivity contribution is 6.32. The number of hydroxylamine groups is 1. The number of fused-ring (bicyclic) bond motifs is 1. The molecule has 0 bridgehead atoms. The molecule has 2 N–H and O–H groups in total. The number of nitrogens with one attached hydrogen (secondary N) is 1. The average Bonchev–Trinajstić information content (AvgIpc) is 2.30. The first-order chi connectivity index (χ1) is 7.77. The van der Waals surface area contributed by atoms with Gasteiger partial charge in [-0.2, -0.15) is 0 Å². The molecule has 0 fully saturated rings. The van der Waals surface area contributed by atoms with E-state index in [1.54, 1.807) is 6.07 Å². The van der Waals surface area contributed by atoms with Crippen molar-refractivity contribution < 1.29 is 14.7 Å². The van der Waals surface area contributed by atoms with Crippen LogP contribution in [-0.4, -0.2) is 18.4 Å². The van der Waals surface area contributed by atoms with Crippen LogP contribution in [0.1, 0.15) is 18.1 Å². The lowest BCUT2D eigenvalue weighted by molar-refractivity contribution is 0.158.